The van der Waals surface area contributed by atoms with Crippen molar-refractivity contribution in [2.24, 2.45) is 11.8 Å². The average molecular weight is 444 g/mol. The summed E-state index contributed by atoms with van der Waals surface area (Å²) in [5.74, 6) is -2.29. The second-order valence-electron chi connectivity index (χ2n) is 9.48. The van der Waals surface area contributed by atoms with Gasteiger partial charge in [-0.1, -0.05) is 25.1 Å². The number of anilines is 1. The minimum Gasteiger partial charge on any atom is -0.394 e. The van der Waals surface area contributed by atoms with Gasteiger partial charge in [0.05, 0.1) is 30.1 Å². The first kappa shape index (κ1) is 22.7. The van der Waals surface area contributed by atoms with Crippen molar-refractivity contribution >= 4 is 23.4 Å². The third-order valence-corrected chi connectivity index (χ3v) is 7.86. The minimum absolute atomic E-state index is 0.237. The van der Waals surface area contributed by atoms with Crippen molar-refractivity contribution in [3.05, 3.63) is 29.3 Å². The number of rotatable bonds is 6. The summed E-state index contributed by atoms with van der Waals surface area (Å²) >= 11 is 0. The zero-order chi connectivity index (χ0) is 23.4. The molecule has 1 aromatic carbocycles. The number of ether oxygens (including phenoxy) is 1. The molecule has 0 aromatic heterocycles. The van der Waals surface area contributed by atoms with Crippen molar-refractivity contribution in [2.75, 3.05) is 19.0 Å². The number of amides is 3. The summed E-state index contributed by atoms with van der Waals surface area (Å²) in [7, 11) is 1.56. The first-order chi connectivity index (χ1) is 15.2. The highest BCUT2D eigenvalue weighted by molar-refractivity contribution is 6.04. The zero-order valence-corrected chi connectivity index (χ0v) is 19.4. The molecule has 174 valence electrons. The largest absolute Gasteiger partial charge is 0.394 e. The highest BCUT2D eigenvalue weighted by Gasteiger charge is 2.78. The first-order valence-electron chi connectivity index (χ1n) is 11.4. The lowest BCUT2D eigenvalue weighted by Gasteiger charge is -2.36. The number of hydrogen-bond donors (Lipinski definition) is 3. The van der Waals surface area contributed by atoms with Crippen LogP contribution >= 0.6 is 0 Å². The molecule has 3 aliphatic rings. The van der Waals surface area contributed by atoms with Crippen LogP contribution in [0.15, 0.2) is 18.2 Å². The van der Waals surface area contributed by atoms with E-state index < -0.39 is 35.1 Å². The summed E-state index contributed by atoms with van der Waals surface area (Å²) in [4.78, 5) is 41.9. The van der Waals surface area contributed by atoms with Gasteiger partial charge in [0.2, 0.25) is 17.7 Å². The minimum atomic E-state index is -1.09. The van der Waals surface area contributed by atoms with Crippen molar-refractivity contribution < 1.29 is 24.2 Å². The summed E-state index contributed by atoms with van der Waals surface area (Å²) in [6, 6.07) is 4.26. The Labute approximate surface area is 188 Å². The molecule has 3 aliphatic heterocycles. The van der Waals surface area contributed by atoms with E-state index in [0.717, 1.165) is 11.1 Å². The van der Waals surface area contributed by atoms with Crippen LogP contribution in [0.4, 0.5) is 5.69 Å². The number of aliphatic hydroxyl groups excluding tert-OH is 1. The van der Waals surface area contributed by atoms with Gasteiger partial charge in [-0.15, -0.1) is 0 Å². The molecule has 0 radical (unpaired) electrons. The maximum absolute atomic E-state index is 13.8. The molecule has 3 amide bonds. The number of aliphatic hydroxyl groups is 1. The van der Waals surface area contributed by atoms with Gasteiger partial charge in [0.1, 0.15) is 11.6 Å². The third-order valence-electron chi connectivity index (χ3n) is 7.86. The smallest absolute Gasteiger partial charge is 0.250 e. The van der Waals surface area contributed by atoms with Gasteiger partial charge in [-0.25, -0.2) is 0 Å². The molecule has 2 unspecified atom stereocenters. The van der Waals surface area contributed by atoms with Crippen LogP contribution in [0.2, 0.25) is 0 Å². The van der Waals surface area contributed by atoms with E-state index in [-0.39, 0.29) is 24.3 Å². The van der Waals surface area contributed by atoms with Gasteiger partial charge in [0.25, 0.3) is 0 Å². The second kappa shape index (κ2) is 7.85. The van der Waals surface area contributed by atoms with Crippen LogP contribution in [0.1, 0.15) is 44.2 Å². The molecule has 1 spiro atoms. The molecule has 0 saturated carbocycles. The molecular formula is C24H33N3O5. The molecule has 32 heavy (non-hydrogen) atoms. The number of carbonyl (C=O) groups excluding carboxylic acids is 3. The van der Waals surface area contributed by atoms with E-state index in [0.29, 0.717) is 24.9 Å². The van der Waals surface area contributed by atoms with Crippen molar-refractivity contribution in [3.63, 3.8) is 0 Å². The highest BCUT2D eigenvalue weighted by Crippen LogP contribution is 2.64. The number of fused-ring (bicyclic) bond motifs is 1. The molecule has 8 heteroatoms. The summed E-state index contributed by atoms with van der Waals surface area (Å²) in [6.45, 7) is 7.23. The molecule has 3 N–H and O–H groups in total. The normalized spacial score (nSPS) is 33.9. The van der Waals surface area contributed by atoms with Crippen LogP contribution in [-0.4, -0.2) is 64.7 Å². The van der Waals surface area contributed by atoms with Crippen molar-refractivity contribution in [1.82, 2.24) is 10.2 Å². The van der Waals surface area contributed by atoms with E-state index in [4.69, 9.17) is 4.74 Å². The zero-order valence-electron chi connectivity index (χ0n) is 19.4. The van der Waals surface area contributed by atoms with Gasteiger partial charge in [-0.3, -0.25) is 14.4 Å². The van der Waals surface area contributed by atoms with Crippen LogP contribution in [0.25, 0.3) is 0 Å². The SMILES string of the molecule is CC[C@@]12CCC3(O1)C(C(=O)Nc1c(C)cccc1C)N([C@H](C)CO)C(=O)[C@@H]3[C@@H]2C(=O)NC. The molecule has 4 rings (SSSR count). The molecule has 8 nitrogen and oxygen atoms in total. The number of benzene rings is 1. The standard InChI is InChI=1S/C24H33N3O5/c1-6-23-10-11-24(32-23)17(16(23)20(29)25-5)22(31)27(15(4)12-28)19(24)21(30)26-18-13(2)8-7-9-14(18)3/h7-9,15-17,19,28H,6,10-12H2,1-5H3,(H,25,29)(H,26,30)/t15-,16-,17+,19?,23+,24?/m1/s1. The maximum atomic E-state index is 13.8. The van der Waals surface area contributed by atoms with Crippen molar-refractivity contribution in [1.29, 1.82) is 0 Å². The van der Waals surface area contributed by atoms with Gasteiger partial charge in [-0.2, -0.15) is 0 Å². The van der Waals surface area contributed by atoms with E-state index in [1.807, 2.05) is 39.0 Å². The van der Waals surface area contributed by atoms with Gasteiger partial charge < -0.3 is 25.4 Å². The summed E-state index contributed by atoms with van der Waals surface area (Å²) in [6.07, 6.45) is 1.71. The third kappa shape index (κ3) is 2.92. The molecule has 0 aliphatic carbocycles. The first-order valence-corrected chi connectivity index (χ1v) is 11.4. The topological polar surface area (TPSA) is 108 Å². The fourth-order valence-electron chi connectivity index (χ4n) is 6.27. The van der Waals surface area contributed by atoms with Crippen LogP contribution in [0.5, 0.6) is 0 Å². The Kier molecular flexibility index (Phi) is 5.57. The Morgan fingerprint density at radius 3 is 2.47 bits per heavy atom. The summed E-state index contributed by atoms with van der Waals surface area (Å²) < 4.78 is 6.62. The van der Waals surface area contributed by atoms with Crippen LogP contribution < -0.4 is 10.6 Å². The number of hydrogen-bond acceptors (Lipinski definition) is 5. The van der Waals surface area contributed by atoms with E-state index >= 15 is 0 Å². The predicted octanol–water partition coefficient (Wildman–Crippen LogP) is 1.52. The molecule has 1 aromatic rings. The molecule has 3 heterocycles. The van der Waals surface area contributed by atoms with E-state index in [1.165, 1.54) is 4.90 Å². The second-order valence-corrected chi connectivity index (χ2v) is 9.48. The Balaban J connectivity index is 1.81. The van der Waals surface area contributed by atoms with Gasteiger partial charge in [0.15, 0.2) is 0 Å². The lowest BCUT2D eigenvalue weighted by atomic mass is 9.65. The number of para-hydroxylation sites is 1. The Morgan fingerprint density at radius 1 is 1.25 bits per heavy atom. The van der Waals surface area contributed by atoms with Crippen LogP contribution in [-0.2, 0) is 19.1 Å². The monoisotopic (exact) mass is 443 g/mol. The number of nitrogens with one attached hydrogen (secondary N) is 2. The van der Waals surface area contributed by atoms with Gasteiger partial charge in [0, 0.05) is 12.7 Å². The maximum Gasteiger partial charge on any atom is 0.250 e. The van der Waals surface area contributed by atoms with E-state index in [2.05, 4.69) is 10.6 Å². The summed E-state index contributed by atoms with van der Waals surface area (Å²) in [5, 5.41) is 15.6. The van der Waals surface area contributed by atoms with Crippen LogP contribution in [0, 0.1) is 25.7 Å². The lowest BCUT2D eigenvalue weighted by Crippen LogP contribution is -2.56. The molecule has 3 saturated heterocycles. The van der Waals surface area contributed by atoms with Gasteiger partial charge >= 0.3 is 0 Å². The number of aryl methyl sites for hydroxylation is 2. The predicted molar refractivity (Wildman–Crippen MR) is 119 cm³/mol. The van der Waals surface area contributed by atoms with Gasteiger partial charge in [-0.05, 0) is 51.2 Å². The highest BCUT2D eigenvalue weighted by atomic mass is 16.5. The Morgan fingerprint density at radius 2 is 1.91 bits per heavy atom. The number of carbonyl (C=O) groups is 3. The quantitative estimate of drug-likeness (QED) is 0.618. The number of likely N-dealkylation sites (tertiary alicyclic amines) is 1. The Hall–Kier alpha value is -2.45. The molecule has 2 bridgehead atoms. The van der Waals surface area contributed by atoms with Crippen molar-refractivity contribution in [2.45, 2.75) is 70.2 Å². The molecule has 3 fully saturated rings. The molecular weight excluding hydrogens is 410 g/mol. The Bertz CT molecular complexity index is 945. The lowest BCUT2D eigenvalue weighted by molar-refractivity contribution is -0.148. The van der Waals surface area contributed by atoms with Crippen LogP contribution in [0.3, 0.4) is 0 Å². The number of nitrogens with zero attached hydrogens (tertiary/aromatic N) is 1. The summed E-state index contributed by atoms with van der Waals surface area (Å²) in [5.41, 5.74) is 0.703. The fraction of sp³-hybridized carbons (Fsp3) is 0.625. The molecule has 6 atom stereocenters. The fourth-order valence-corrected chi connectivity index (χ4v) is 6.27. The van der Waals surface area contributed by atoms with E-state index in [1.54, 1.807) is 14.0 Å². The van der Waals surface area contributed by atoms with Crippen molar-refractivity contribution in [3.8, 4) is 0 Å². The average Bonchev–Trinajstić information content (AvgIpc) is 3.39. The van der Waals surface area contributed by atoms with E-state index in [9.17, 15) is 19.5 Å².